The Balaban J connectivity index is 1.51. The normalized spacial score (nSPS) is 15.6. The van der Waals surface area contributed by atoms with E-state index in [2.05, 4.69) is 42.2 Å². The van der Waals surface area contributed by atoms with Crippen molar-refractivity contribution in [3.63, 3.8) is 0 Å². The fourth-order valence-corrected chi connectivity index (χ4v) is 2.16. The molecule has 0 unspecified atom stereocenters. The third-order valence-electron chi connectivity index (χ3n) is 3.56. The molecule has 4 rings (SSSR count). The van der Waals surface area contributed by atoms with Crippen LogP contribution in [0.15, 0.2) is 59.6 Å². The zero-order valence-corrected chi connectivity index (χ0v) is 11.9. The first-order valence-electron chi connectivity index (χ1n) is 7.19. The van der Waals surface area contributed by atoms with Crippen molar-refractivity contribution < 1.29 is 4.84 Å². The standard InChI is InChI=1S/C18H16N2O/c1-13-2-4-14(5-3-13)17-12-18(17)19-15-6-8-16(9-7-15)21-20-10-11-20/h2-9,12H,10-11H2,1H3. The Morgan fingerprint density at radius 2 is 1.67 bits per heavy atom. The summed E-state index contributed by atoms with van der Waals surface area (Å²) in [7, 11) is 0. The van der Waals surface area contributed by atoms with Gasteiger partial charge in [-0.2, -0.15) is 0 Å². The number of hydrogen-bond donors (Lipinski definition) is 0. The number of aryl methyl sites for hydroxylation is 1. The number of nitrogens with zero attached hydrogens (tertiary/aromatic N) is 2. The zero-order chi connectivity index (χ0) is 14.2. The van der Waals surface area contributed by atoms with Gasteiger partial charge in [0.15, 0.2) is 0 Å². The fraction of sp³-hybridized carbons (Fsp3) is 0.167. The van der Waals surface area contributed by atoms with Crippen molar-refractivity contribution in [2.75, 3.05) is 13.1 Å². The van der Waals surface area contributed by atoms with Gasteiger partial charge in [0.25, 0.3) is 0 Å². The minimum Gasteiger partial charge on any atom is -0.406 e. The van der Waals surface area contributed by atoms with Crippen molar-refractivity contribution >= 4 is 5.69 Å². The van der Waals surface area contributed by atoms with E-state index in [0.29, 0.717) is 0 Å². The van der Waals surface area contributed by atoms with Crippen LogP contribution in [0.3, 0.4) is 0 Å². The topological polar surface area (TPSA) is 24.6 Å². The molecule has 0 N–H and O–H groups in total. The quantitative estimate of drug-likeness (QED) is 0.682. The highest BCUT2D eigenvalue weighted by Crippen LogP contribution is 2.23. The van der Waals surface area contributed by atoms with Gasteiger partial charge in [-0.1, -0.05) is 29.8 Å². The van der Waals surface area contributed by atoms with E-state index in [9.17, 15) is 0 Å². The molecule has 21 heavy (non-hydrogen) atoms. The Hall–Kier alpha value is -2.39. The van der Waals surface area contributed by atoms with E-state index in [4.69, 9.17) is 4.84 Å². The minimum atomic E-state index is 0.874. The largest absolute Gasteiger partial charge is 0.406 e. The summed E-state index contributed by atoms with van der Waals surface area (Å²) in [5.41, 5.74) is 4.71. The van der Waals surface area contributed by atoms with Crippen LogP contribution in [0.2, 0.25) is 0 Å². The fourth-order valence-electron chi connectivity index (χ4n) is 2.16. The van der Waals surface area contributed by atoms with Gasteiger partial charge in [0, 0.05) is 5.56 Å². The highest BCUT2D eigenvalue weighted by Gasteiger charge is 2.19. The first-order chi connectivity index (χ1) is 10.3. The summed E-state index contributed by atoms with van der Waals surface area (Å²) < 4.78 is 0. The van der Waals surface area contributed by atoms with E-state index in [1.807, 2.05) is 29.3 Å². The van der Waals surface area contributed by atoms with Crippen molar-refractivity contribution in [3.05, 3.63) is 65.5 Å². The lowest BCUT2D eigenvalue weighted by molar-refractivity contribution is 0.0693. The van der Waals surface area contributed by atoms with Crippen LogP contribution < -0.4 is 10.2 Å². The second-order valence-electron chi connectivity index (χ2n) is 5.44. The predicted octanol–water partition coefficient (Wildman–Crippen LogP) is 3.38. The van der Waals surface area contributed by atoms with Crippen LogP contribution in [0, 0.1) is 6.92 Å². The molecule has 0 spiro atoms. The second kappa shape index (κ2) is 4.86. The zero-order valence-electron chi connectivity index (χ0n) is 11.9. The van der Waals surface area contributed by atoms with Crippen LogP contribution in [0.25, 0.3) is 11.1 Å². The molecule has 1 heterocycles. The molecule has 1 aliphatic heterocycles. The van der Waals surface area contributed by atoms with Crippen LogP contribution in [-0.2, 0) is 0 Å². The molecule has 0 aromatic heterocycles. The number of rotatable bonds is 4. The Morgan fingerprint density at radius 1 is 0.952 bits per heavy atom. The molecule has 1 aliphatic rings. The van der Waals surface area contributed by atoms with Gasteiger partial charge >= 0.3 is 0 Å². The van der Waals surface area contributed by atoms with E-state index >= 15 is 0 Å². The molecule has 3 heteroatoms. The van der Waals surface area contributed by atoms with Crippen molar-refractivity contribution in [3.8, 4) is 16.9 Å². The Labute approximate surface area is 123 Å². The van der Waals surface area contributed by atoms with Crippen LogP contribution in [0.5, 0.6) is 5.75 Å². The molecule has 0 bridgehead atoms. The summed E-state index contributed by atoms with van der Waals surface area (Å²) in [6, 6.07) is 18.6. The van der Waals surface area contributed by atoms with Crippen molar-refractivity contribution in [1.29, 1.82) is 0 Å². The third kappa shape index (κ3) is 2.88. The lowest BCUT2D eigenvalue weighted by Crippen LogP contribution is -2.01. The third-order valence-corrected chi connectivity index (χ3v) is 3.56. The second-order valence-corrected chi connectivity index (χ2v) is 5.44. The Kier molecular flexibility index (Phi) is 2.86. The molecule has 3 nitrogen and oxygen atoms in total. The molecule has 0 amide bonds. The first kappa shape index (κ1) is 12.4. The maximum Gasteiger partial charge on any atom is 0.147 e. The number of hydroxylamine groups is 2. The van der Waals surface area contributed by atoms with E-state index in [-0.39, 0.29) is 0 Å². The first-order valence-corrected chi connectivity index (χ1v) is 7.19. The van der Waals surface area contributed by atoms with Crippen LogP contribution >= 0.6 is 0 Å². The summed E-state index contributed by atoms with van der Waals surface area (Å²) in [4.78, 5) is 10.2. The smallest absolute Gasteiger partial charge is 0.147 e. The summed E-state index contributed by atoms with van der Waals surface area (Å²) >= 11 is 0. The molecule has 104 valence electrons. The molecule has 0 aliphatic carbocycles. The molecule has 0 saturated carbocycles. The highest BCUT2D eigenvalue weighted by atomic mass is 16.7. The monoisotopic (exact) mass is 276 g/mol. The highest BCUT2D eigenvalue weighted by molar-refractivity contribution is 5.70. The average Bonchev–Trinajstić information content (AvgIpc) is 3.39. The summed E-state index contributed by atoms with van der Waals surface area (Å²) in [5, 5.41) is 2.98. The van der Waals surface area contributed by atoms with E-state index < -0.39 is 0 Å². The number of benzene rings is 2. The average molecular weight is 276 g/mol. The van der Waals surface area contributed by atoms with Gasteiger partial charge in [-0.15, -0.1) is 5.06 Å². The Bertz CT molecular complexity index is 774. The summed E-state index contributed by atoms with van der Waals surface area (Å²) in [6.07, 6.45) is 0. The van der Waals surface area contributed by atoms with Gasteiger partial charge in [-0.3, -0.25) is 0 Å². The van der Waals surface area contributed by atoms with Crippen LogP contribution in [0.1, 0.15) is 5.56 Å². The van der Waals surface area contributed by atoms with Gasteiger partial charge in [-0.25, -0.2) is 4.99 Å². The van der Waals surface area contributed by atoms with Gasteiger partial charge in [0.2, 0.25) is 0 Å². The molecule has 1 saturated heterocycles. The Morgan fingerprint density at radius 3 is 2.33 bits per heavy atom. The molecule has 3 aromatic rings. The maximum atomic E-state index is 5.57. The number of hydrogen-bond acceptors (Lipinski definition) is 3. The van der Waals surface area contributed by atoms with E-state index in [1.54, 1.807) is 0 Å². The molecular weight excluding hydrogens is 260 g/mol. The van der Waals surface area contributed by atoms with Gasteiger partial charge < -0.3 is 4.84 Å². The summed E-state index contributed by atoms with van der Waals surface area (Å²) in [6.45, 7) is 4.14. The molecule has 0 radical (unpaired) electrons. The van der Waals surface area contributed by atoms with Gasteiger partial charge in [0.05, 0.1) is 24.1 Å². The van der Waals surface area contributed by atoms with Crippen LogP contribution in [-0.4, -0.2) is 18.2 Å². The molecule has 3 aromatic carbocycles. The van der Waals surface area contributed by atoms with Gasteiger partial charge in [0.1, 0.15) is 5.75 Å². The maximum absolute atomic E-state index is 5.57. The lowest BCUT2D eigenvalue weighted by Gasteiger charge is -2.03. The molecule has 1 fully saturated rings. The molecule has 0 atom stereocenters. The van der Waals surface area contributed by atoms with E-state index in [1.165, 1.54) is 16.7 Å². The SMILES string of the molecule is Cc1ccc(-c2cc2=Nc2ccc(ON3CC3)cc2)cc1. The lowest BCUT2D eigenvalue weighted by atomic mass is 10.1. The van der Waals surface area contributed by atoms with Crippen molar-refractivity contribution in [1.82, 2.24) is 5.06 Å². The predicted molar refractivity (Wildman–Crippen MR) is 82.9 cm³/mol. The van der Waals surface area contributed by atoms with Crippen molar-refractivity contribution in [2.24, 2.45) is 4.99 Å². The van der Waals surface area contributed by atoms with Gasteiger partial charge in [-0.05, 0) is 42.8 Å². The van der Waals surface area contributed by atoms with Crippen LogP contribution in [0.4, 0.5) is 5.69 Å². The van der Waals surface area contributed by atoms with Crippen molar-refractivity contribution in [2.45, 2.75) is 6.92 Å². The molecular formula is C18H16N2O. The minimum absolute atomic E-state index is 0.874. The summed E-state index contributed by atoms with van der Waals surface area (Å²) in [5.74, 6) is 0.874. The van der Waals surface area contributed by atoms with E-state index in [0.717, 1.165) is 29.9 Å².